The number of nitrogens with zero attached hydrogens (tertiary/aromatic N) is 2. The molecule has 17 heavy (non-hydrogen) atoms. The van der Waals surface area contributed by atoms with E-state index < -0.39 is 0 Å². The molecule has 90 valence electrons. The fraction of sp³-hybridized carbons (Fsp3) is 0.385. The van der Waals surface area contributed by atoms with Crippen molar-refractivity contribution in [3.8, 4) is 11.5 Å². The van der Waals surface area contributed by atoms with Crippen LogP contribution < -0.4 is 0 Å². The quantitative estimate of drug-likeness (QED) is 0.804. The molecular formula is C13H16N2O2. The summed E-state index contributed by atoms with van der Waals surface area (Å²) in [6, 6.07) is 8.08. The van der Waals surface area contributed by atoms with Gasteiger partial charge in [-0.3, -0.25) is 0 Å². The third-order valence-corrected chi connectivity index (χ3v) is 2.57. The maximum atomic E-state index is 8.75. The van der Waals surface area contributed by atoms with Crippen LogP contribution in [0.3, 0.4) is 0 Å². The van der Waals surface area contributed by atoms with Crippen molar-refractivity contribution in [1.82, 2.24) is 10.2 Å². The van der Waals surface area contributed by atoms with Crippen LogP contribution in [0.25, 0.3) is 11.5 Å². The summed E-state index contributed by atoms with van der Waals surface area (Å²) in [5, 5.41) is 16.6. The molecule has 0 fully saturated rings. The molecule has 1 aromatic carbocycles. The van der Waals surface area contributed by atoms with Crippen molar-refractivity contribution < 1.29 is 9.52 Å². The first-order valence-electron chi connectivity index (χ1n) is 5.80. The smallest absolute Gasteiger partial charge is 0.247 e. The van der Waals surface area contributed by atoms with Gasteiger partial charge in [-0.1, -0.05) is 12.1 Å². The lowest BCUT2D eigenvalue weighted by atomic mass is 10.1. The predicted octanol–water partition coefficient (Wildman–Crippen LogP) is 2.36. The van der Waals surface area contributed by atoms with Crippen LogP contribution in [0.15, 0.2) is 28.7 Å². The topological polar surface area (TPSA) is 59.2 Å². The summed E-state index contributed by atoms with van der Waals surface area (Å²) in [5.41, 5.74) is 2.18. The summed E-state index contributed by atoms with van der Waals surface area (Å²) in [7, 11) is 0. The summed E-state index contributed by atoms with van der Waals surface area (Å²) in [6.07, 6.45) is 2.79. The van der Waals surface area contributed by atoms with Gasteiger partial charge in [0.05, 0.1) is 0 Å². The van der Waals surface area contributed by atoms with Crippen molar-refractivity contribution >= 4 is 0 Å². The lowest BCUT2D eigenvalue weighted by Gasteiger charge is -2.02. The van der Waals surface area contributed by atoms with Crippen molar-refractivity contribution in [3.05, 3.63) is 35.7 Å². The van der Waals surface area contributed by atoms with Crippen LogP contribution in [-0.2, 0) is 6.42 Å². The van der Waals surface area contributed by atoms with Gasteiger partial charge in [0.2, 0.25) is 11.8 Å². The van der Waals surface area contributed by atoms with E-state index in [0.29, 0.717) is 11.8 Å². The Morgan fingerprint density at radius 2 is 2.12 bits per heavy atom. The lowest BCUT2D eigenvalue weighted by Crippen LogP contribution is -1.89. The van der Waals surface area contributed by atoms with Gasteiger partial charge in [-0.15, -0.1) is 10.2 Å². The van der Waals surface area contributed by atoms with Crippen molar-refractivity contribution in [2.45, 2.75) is 26.2 Å². The first-order valence-corrected chi connectivity index (χ1v) is 5.80. The first-order chi connectivity index (χ1) is 8.29. The van der Waals surface area contributed by atoms with E-state index in [9.17, 15) is 0 Å². The molecule has 4 nitrogen and oxygen atoms in total. The molecule has 2 aromatic rings. The Bertz CT molecular complexity index is 480. The fourth-order valence-electron chi connectivity index (χ4n) is 1.71. The van der Waals surface area contributed by atoms with Crippen molar-refractivity contribution in [2.24, 2.45) is 0 Å². The van der Waals surface area contributed by atoms with Gasteiger partial charge in [0.15, 0.2) is 0 Å². The van der Waals surface area contributed by atoms with E-state index in [1.54, 1.807) is 6.92 Å². The van der Waals surface area contributed by atoms with Crippen LogP contribution in [0.5, 0.6) is 0 Å². The van der Waals surface area contributed by atoms with E-state index in [-0.39, 0.29) is 6.61 Å². The van der Waals surface area contributed by atoms with Crippen LogP contribution in [0, 0.1) is 6.92 Å². The Hall–Kier alpha value is -1.68. The molecule has 0 bridgehead atoms. The first kappa shape index (κ1) is 11.8. The Morgan fingerprint density at radius 1 is 1.24 bits per heavy atom. The van der Waals surface area contributed by atoms with E-state index in [4.69, 9.17) is 9.52 Å². The predicted molar refractivity (Wildman–Crippen MR) is 64.5 cm³/mol. The minimum Gasteiger partial charge on any atom is -0.421 e. The molecule has 0 unspecified atom stereocenters. The summed E-state index contributed by atoms with van der Waals surface area (Å²) >= 11 is 0. The number of hydrogen-bond donors (Lipinski definition) is 1. The standard InChI is InChI=1S/C13H16N2O2/c1-10-14-15-13(17-10)12-7-4-6-11(9-12)5-2-3-8-16/h4,6-7,9,16H,2-3,5,8H2,1H3. The number of rotatable bonds is 5. The highest BCUT2D eigenvalue weighted by Gasteiger charge is 2.06. The second kappa shape index (κ2) is 5.59. The van der Waals surface area contributed by atoms with Gasteiger partial charge in [-0.25, -0.2) is 0 Å². The Labute approximate surface area is 100 Å². The molecule has 0 saturated carbocycles. The van der Waals surface area contributed by atoms with E-state index in [1.165, 1.54) is 5.56 Å². The Kier molecular flexibility index (Phi) is 3.88. The minimum atomic E-state index is 0.253. The number of aryl methyl sites for hydroxylation is 2. The molecule has 4 heteroatoms. The molecule has 1 N–H and O–H groups in total. The van der Waals surface area contributed by atoms with Crippen molar-refractivity contribution in [2.75, 3.05) is 6.61 Å². The van der Waals surface area contributed by atoms with Gasteiger partial charge in [-0.05, 0) is 37.0 Å². The number of aliphatic hydroxyl groups excluding tert-OH is 1. The van der Waals surface area contributed by atoms with E-state index in [2.05, 4.69) is 22.3 Å². The van der Waals surface area contributed by atoms with Gasteiger partial charge in [0.25, 0.3) is 0 Å². The molecule has 0 amide bonds. The molecule has 0 atom stereocenters. The molecule has 0 aliphatic heterocycles. The van der Waals surface area contributed by atoms with Crippen LogP contribution in [0.1, 0.15) is 24.3 Å². The minimum absolute atomic E-state index is 0.253. The normalized spacial score (nSPS) is 10.7. The van der Waals surface area contributed by atoms with Crippen LogP contribution in [-0.4, -0.2) is 21.9 Å². The van der Waals surface area contributed by atoms with Crippen molar-refractivity contribution in [3.63, 3.8) is 0 Å². The molecule has 1 aromatic heterocycles. The third-order valence-electron chi connectivity index (χ3n) is 2.57. The molecule has 1 heterocycles. The number of benzene rings is 1. The van der Waals surface area contributed by atoms with E-state index in [0.717, 1.165) is 24.8 Å². The molecule has 0 aliphatic carbocycles. The second-order valence-corrected chi connectivity index (χ2v) is 4.01. The SMILES string of the molecule is Cc1nnc(-c2cccc(CCCCO)c2)o1. The average molecular weight is 232 g/mol. The molecule has 2 rings (SSSR count). The zero-order valence-corrected chi connectivity index (χ0v) is 9.89. The summed E-state index contributed by atoms with van der Waals surface area (Å²) in [5.74, 6) is 1.14. The largest absolute Gasteiger partial charge is 0.421 e. The second-order valence-electron chi connectivity index (χ2n) is 4.01. The van der Waals surface area contributed by atoms with Crippen LogP contribution >= 0.6 is 0 Å². The fourth-order valence-corrected chi connectivity index (χ4v) is 1.71. The zero-order chi connectivity index (χ0) is 12.1. The van der Waals surface area contributed by atoms with Crippen LogP contribution in [0.2, 0.25) is 0 Å². The maximum absolute atomic E-state index is 8.75. The zero-order valence-electron chi connectivity index (χ0n) is 9.89. The Balaban J connectivity index is 2.11. The highest BCUT2D eigenvalue weighted by molar-refractivity contribution is 5.53. The maximum Gasteiger partial charge on any atom is 0.247 e. The third kappa shape index (κ3) is 3.14. The molecule has 0 saturated heterocycles. The summed E-state index contributed by atoms with van der Waals surface area (Å²) in [6.45, 7) is 2.03. The van der Waals surface area contributed by atoms with Crippen LogP contribution in [0.4, 0.5) is 0 Å². The van der Waals surface area contributed by atoms with Gasteiger partial charge >= 0.3 is 0 Å². The van der Waals surface area contributed by atoms with Gasteiger partial charge in [-0.2, -0.15) is 0 Å². The summed E-state index contributed by atoms with van der Waals surface area (Å²) in [4.78, 5) is 0. The van der Waals surface area contributed by atoms with Gasteiger partial charge in [0.1, 0.15) is 0 Å². The number of aliphatic hydroxyl groups is 1. The summed E-state index contributed by atoms with van der Waals surface area (Å²) < 4.78 is 5.39. The molecule has 0 aliphatic rings. The monoisotopic (exact) mass is 232 g/mol. The number of unbranched alkanes of at least 4 members (excludes halogenated alkanes) is 1. The molecule has 0 spiro atoms. The lowest BCUT2D eigenvalue weighted by molar-refractivity contribution is 0.284. The van der Waals surface area contributed by atoms with E-state index >= 15 is 0 Å². The Morgan fingerprint density at radius 3 is 2.82 bits per heavy atom. The molecular weight excluding hydrogens is 216 g/mol. The highest BCUT2D eigenvalue weighted by Crippen LogP contribution is 2.19. The van der Waals surface area contributed by atoms with Crippen molar-refractivity contribution in [1.29, 1.82) is 0 Å². The number of hydrogen-bond acceptors (Lipinski definition) is 4. The van der Waals surface area contributed by atoms with Gasteiger partial charge < -0.3 is 9.52 Å². The number of aromatic nitrogens is 2. The average Bonchev–Trinajstić information content (AvgIpc) is 2.77. The molecule has 0 radical (unpaired) electrons. The van der Waals surface area contributed by atoms with Gasteiger partial charge in [0, 0.05) is 19.1 Å². The highest BCUT2D eigenvalue weighted by atomic mass is 16.4. The van der Waals surface area contributed by atoms with E-state index in [1.807, 2.05) is 12.1 Å².